The monoisotopic (exact) mass is 336 g/mol. The fourth-order valence-corrected chi connectivity index (χ4v) is 2.42. The molecule has 3 rings (SSSR count). The molecule has 1 N–H and O–H groups in total. The summed E-state index contributed by atoms with van der Waals surface area (Å²) in [5.41, 5.74) is 2.61. The Labute approximate surface area is 144 Å². The predicted molar refractivity (Wildman–Crippen MR) is 93.0 cm³/mol. The number of furan rings is 1. The van der Waals surface area contributed by atoms with Crippen LogP contribution in [0, 0.1) is 18.3 Å². The molecule has 0 aliphatic rings. The zero-order valence-electron chi connectivity index (χ0n) is 12.8. The van der Waals surface area contributed by atoms with Gasteiger partial charge in [-0.25, -0.2) is 0 Å². The fourth-order valence-electron chi connectivity index (χ4n) is 2.23. The first-order valence-corrected chi connectivity index (χ1v) is 7.62. The van der Waals surface area contributed by atoms with E-state index in [9.17, 15) is 10.1 Å². The van der Waals surface area contributed by atoms with Crippen molar-refractivity contribution in [1.29, 1.82) is 5.26 Å². The van der Waals surface area contributed by atoms with Gasteiger partial charge in [-0.3, -0.25) is 10.1 Å². The molecule has 0 saturated carbocycles. The second-order valence-corrected chi connectivity index (χ2v) is 5.73. The van der Waals surface area contributed by atoms with Crippen molar-refractivity contribution in [3.8, 4) is 17.4 Å². The lowest BCUT2D eigenvalue weighted by molar-refractivity contribution is 0.102. The van der Waals surface area contributed by atoms with E-state index in [0.717, 1.165) is 11.1 Å². The zero-order chi connectivity index (χ0) is 17.1. The smallest absolute Gasteiger partial charge is 0.258 e. The third-order valence-electron chi connectivity index (χ3n) is 3.50. The molecule has 0 saturated heterocycles. The fraction of sp³-hybridized carbons (Fsp3) is 0.0526. The number of anilines is 1. The maximum Gasteiger partial charge on any atom is 0.258 e. The summed E-state index contributed by atoms with van der Waals surface area (Å²) in [5.74, 6) is 0.254. The number of carbonyl (C=O) groups is 1. The summed E-state index contributed by atoms with van der Waals surface area (Å²) >= 11 is 5.89. The number of nitriles is 1. The van der Waals surface area contributed by atoms with Gasteiger partial charge in [-0.2, -0.15) is 5.26 Å². The van der Waals surface area contributed by atoms with E-state index in [4.69, 9.17) is 16.0 Å². The van der Waals surface area contributed by atoms with Crippen LogP contribution in [0.15, 0.2) is 59.0 Å². The van der Waals surface area contributed by atoms with Crippen LogP contribution >= 0.6 is 11.6 Å². The maximum atomic E-state index is 12.3. The Morgan fingerprint density at radius 3 is 2.58 bits per heavy atom. The SMILES string of the molecule is Cc1ccc(-c2cc(C#N)c(NC(=O)c3cccc(Cl)c3)o2)cc1. The zero-order valence-corrected chi connectivity index (χ0v) is 13.6. The second-order valence-electron chi connectivity index (χ2n) is 5.30. The lowest BCUT2D eigenvalue weighted by Crippen LogP contribution is -2.11. The van der Waals surface area contributed by atoms with Gasteiger partial charge in [0.1, 0.15) is 17.4 Å². The summed E-state index contributed by atoms with van der Waals surface area (Å²) in [7, 11) is 0. The van der Waals surface area contributed by atoms with Gasteiger partial charge in [0.15, 0.2) is 0 Å². The summed E-state index contributed by atoms with van der Waals surface area (Å²) in [5, 5.41) is 12.3. The van der Waals surface area contributed by atoms with Crippen LogP contribution in [0.4, 0.5) is 5.88 Å². The first-order chi connectivity index (χ1) is 11.6. The van der Waals surface area contributed by atoms with Gasteiger partial charge in [0.05, 0.1) is 0 Å². The van der Waals surface area contributed by atoms with Gasteiger partial charge in [0, 0.05) is 22.2 Å². The topological polar surface area (TPSA) is 66.0 Å². The van der Waals surface area contributed by atoms with E-state index in [0.29, 0.717) is 16.3 Å². The van der Waals surface area contributed by atoms with Crippen molar-refractivity contribution in [3.05, 3.63) is 76.3 Å². The van der Waals surface area contributed by atoms with Crippen molar-refractivity contribution < 1.29 is 9.21 Å². The van der Waals surface area contributed by atoms with Crippen molar-refractivity contribution in [2.24, 2.45) is 0 Å². The quantitative estimate of drug-likeness (QED) is 0.729. The highest BCUT2D eigenvalue weighted by Gasteiger charge is 2.16. The molecule has 0 fully saturated rings. The van der Waals surface area contributed by atoms with Gasteiger partial charge in [-0.05, 0) is 25.1 Å². The second kappa shape index (κ2) is 6.61. The summed E-state index contributed by atoms with van der Waals surface area (Å²) < 4.78 is 5.67. The molecular weight excluding hydrogens is 324 g/mol. The van der Waals surface area contributed by atoms with Crippen molar-refractivity contribution in [3.63, 3.8) is 0 Å². The number of rotatable bonds is 3. The molecule has 1 heterocycles. The van der Waals surface area contributed by atoms with Crippen LogP contribution in [0.25, 0.3) is 11.3 Å². The third-order valence-corrected chi connectivity index (χ3v) is 3.74. The Kier molecular flexibility index (Phi) is 4.37. The Hall–Kier alpha value is -3.03. The van der Waals surface area contributed by atoms with Gasteiger partial charge in [0.25, 0.3) is 5.91 Å². The molecule has 118 valence electrons. The lowest BCUT2D eigenvalue weighted by Gasteiger charge is -2.03. The molecule has 2 aromatic carbocycles. The van der Waals surface area contributed by atoms with Crippen LogP contribution in [-0.2, 0) is 0 Å². The van der Waals surface area contributed by atoms with Crippen LogP contribution < -0.4 is 5.32 Å². The number of hydrogen-bond donors (Lipinski definition) is 1. The van der Waals surface area contributed by atoms with Crippen LogP contribution in [0.1, 0.15) is 21.5 Å². The van der Waals surface area contributed by atoms with Crippen molar-refractivity contribution >= 4 is 23.4 Å². The first-order valence-electron chi connectivity index (χ1n) is 7.25. The summed E-state index contributed by atoms with van der Waals surface area (Å²) in [4.78, 5) is 12.3. The first kappa shape index (κ1) is 15.9. The normalized spacial score (nSPS) is 10.2. The summed E-state index contributed by atoms with van der Waals surface area (Å²) in [6, 6.07) is 17.9. The van der Waals surface area contributed by atoms with Gasteiger partial charge < -0.3 is 4.42 Å². The number of aryl methyl sites for hydroxylation is 1. The van der Waals surface area contributed by atoms with E-state index in [2.05, 4.69) is 5.32 Å². The van der Waals surface area contributed by atoms with E-state index >= 15 is 0 Å². The summed E-state index contributed by atoms with van der Waals surface area (Å²) in [6.45, 7) is 1.99. The number of benzene rings is 2. The van der Waals surface area contributed by atoms with E-state index in [-0.39, 0.29) is 17.4 Å². The van der Waals surface area contributed by atoms with Crippen LogP contribution in [-0.4, -0.2) is 5.91 Å². The maximum absolute atomic E-state index is 12.3. The Morgan fingerprint density at radius 1 is 1.17 bits per heavy atom. The Balaban J connectivity index is 1.90. The molecule has 1 aromatic heterocycles. The molecule has 0 atom stereocenters. The van der Waals surface area contributed by atoms with E-state index < -0.39 is 0 Å². The molecule has 0 aliphatic heterocycles. The van der Waals surface area contributed by atoms with Gasteiger partial charge >= 0.3 is 0 Å². The highest BCUT2D eigenvalue weighted by Crippen LogP contribution is 2.29. The van der Waals surface area contributed by atoms with Crippen LogP contribution in [0.2, 0.25) is 5.02 Å². The standard InChI is InChI=1S/C19H13ClN2O2/c1-12-5-7-13(8-6-12)17-10-15(11-21)19(24-17)22-18(23)14-3-2-4-16(20)9-14/h2-10H,1H3,(H,22,23). The largest absolute Gasteiger partial charge is 0.439 e. The molecular formula is C19H13ClN2O2. The van der Waals surface area contributed by atoms with Crippen LogP contribution in [0.3, 0.4) is 0 Å². The van der Waals surface area contributed by atoms with Crippen molar-refractivity contribution in [1.82, 2.24) is 0 Å². The molecule has 3 aromatic rings. The third kappa shape index (κ3) is 3.32. The van der Waals surface area contributed by atoms with Crippen molar-refractivity contribution in [2.75, 3.05) is 5.32 Å². The predicted octanol–water partition coefficient (Wildman–Crippen LogP) is 5.03. The molecule has 5 heteroatoms. The average molecular weight is 337 g/mol. The summed E-state index contributed by atoms with van der Waals surface area (Å²) in [6.07, 6.45) is 0. The molecule has 0 bridgehead atoms. The average Bonchev–Trinajstić information content (AvgIpc) is 2.98. The Bertz CT molecular complexity index is 937. The molecule has 0 spiro atoms. The number of nitrogens with zero attached hydrogens (tertiary/aromatic N) is 1. The minimum Gasteiger partial charge on any atom is -0.439 e. The Morgan fingerprint density at radius 2 is 1.92 bits per heavy atom. The number of halogens is 1. The molecule has 1 amide bonds. The van der Waals surface area contributed by atoms with Gasteiger partial charge in [-0.1, -0.05) is 47.5 Å². The molecule has 0 unspecified atom stereocenters. The van der Waals surface area contributed by atoms with E-state index in [1.54, 1.807) is 30.3 Å². The highest BCUT2D eigenvalue weighted by atomic mass is 35.5. The van der Waals surface area contributed by atoms with Gasteiger partial charge in [-0.15, -0.1) is 0 Å². The highest BCUT2D eigenvalue weighted by molar-refractivity contribution is 6.31. The van der Waals surface area contributed by atoms with Crippen LogP contribution in [0.5, 0.6) is 0 Å². The lowest BCUT2D eigenvalue weighted by atomic mass is 10.1. The number of carbonyl (C=O) groups excluding carboxylic acids is 1. The molecule has 0 aliphatic carbocycles. The van der Waals surface area contributed by atoms with Crippen molar-refractivity contribution in [2.45, 2.75) is 6.92 Å². The molecule has 4 nitrogen and oxygen atoms in total. The minimum atomic E-state index is -0.390. The van der Waals surface area contributed by atoms with Gasteiger partial charge in [0.2, 0.25) is 5.88 Å². The number of nitrogens with one attached hydrogen (secondary N) is 1. The van der Waals surface area contributed by atoms with E-state index in [1.807, 2.05) is 37.3 Å². The number of hydrogen-bond acceptors (Lipinski definition) is 3. The number of amides is 1. The molecule has 0 radical (unpaired) electrons. The molecule has 24 heavy (non-hydrogen) atoms. The minimum absolute atomic E-state index is 0.123. The van der Waals surface area contributed by atoms with E-state index in [1.165, 1.54) is 0 Å².